The summed E-state index contributed by atoms with van der Waals surface area (Å²) in [6.07, 6.45) is 6.21. The van der Waals surface area contributed by atoms with E-state index in [1.807, 2.05) is 7.05 Å². The lowest BCUT2D eigenvalue weighted by Gasteiger charge is -2.70. The molecule has 42 heavy (non-hydrogen) atoms. The van der Waals surface area contributed by atoms with Crippen LogP contribution in [0.1, 0.15) is 70.6 Å². The molecule has 2 bridgehead atoms. The highest BCUT2D eigenvalue weighted by atomic mass is 16.6. The van der Waals surface area contributed by atoms with E-state index >= 15 is 0 Å². The van der Waals surface area contributed by atoms with E-state index in [2.05, 4.69) is 16.7 Å². The number of rotatable bonds is 6. The third-order valence-corrected chi connectivity index (χ3v) is 13.2. The van der Waals surface area contributed by atoms with Crippen molar-refractivity contribution in [2.75, 3.05) is 26.7 Å². The molecular weight excluding hydrogens is 540 g/mol. The van der Waals surface area contributed by atoms with Gasteiger partial charge in [-0.1, -0.05) is 12.5 Å². The molecule has 5 saturated carbocycles. The van der Waals surface area contributed by atoms with Crippen LogP contribution in [0, 0.1) is 28.6 Å². The summed E-state index contributed by atoms with van der Waals surface area (Å²) in [4.78, 5) is 26.0. The van der Waals surface area contributed by atoms with E-state index in [9.17, 15) is 35.1 Å². The van der Waals surface area contributed by atoms with Gasteiger partial charge in [0.2, 0.25) is 0 Å². The summed E-state index contributed by atoms with van der Waals surface area (Å²) in [5.74, 6) is -1.71. The smallest absolute Gasteiger partial charge is 0.332 e. The number of aldehydes is 1. The predicted molar refractivity (Wildman–Crippen MR) is 151 cm³/mol. The Labute approximate surface area is 246 Å². The number of aliphatic hydroxyl groups excluding tert-OH is 2. The highest BCUT2D eigenvalue weighted by Gasteiger charge is 2.82. The highest BCUT2D eigenvalue weighted by Crippen LogP contribution is 2.76. The van der Waals surface area contributed by atoms with E-state index in [4.69, 9.17) is 4.74 Å². The van der Waals surface area contributed by atoms with E-state index in [1.165, 1.54) is 0 Å². The number of hydrogen-bond donors (Lipinski definition) is 7. The van der Waals surface area contributed by atoms with Gasteiger partial charge in [-0.05, 0) is 81.4 Å². The van der Waals surface area contributed by atoms with Crippen molar-refractivity contribution in [1.82, 2.24) is 10.6 Å². The zero-order valence-corrected chi connectivity index (χ0v) is 24.5. The largest absolute Gasteiger partial charge is 0.447 e. The maximum absolute atomic E-state index is 13.1. The number of nitrogens with one attached hydrogen (secondary N) is 2. The molecule has 0 radical (unpaired) electrons. The van der Waals surface area contributed by atoms with Crippen LogP contribution in [0.5, 0.6) is 0 Å². The van der Waals surface area contributed by atoms with E-state index in [0.717, 1.165) is 43.4 Å². The van der Waals surface area contributed by atoms with Crippen LogP contribution in [-0.2, 0) is 14.3 Å². The minimum absolute atomic E-state index is 0.0499. The van der Waals surface area contributed by atoms with Crippen molar-refractivity contribution in [3.63, 3.8) is 0 Å². The van der Waals surface area contributed by atoms with Gasteiger partial charge in [0.15, 0.2) is 5.60 Å². The zero-order valence-electron chi connectivity index (χ0n) is 24.5. The fourth-order valence-electron chi connectivity index (χ4n) is 11.6. The molecule has 0 amide bonds. The van der Waals surface area contributed by atoms with Crippen LogP contribution in [0.25, 0.3) is 0 Å². The molecule has 232 valence electrons. The Balaban J connectivity index is 1.37. The van der Waals surface area contributed by atoms with Gasteiger partial charge < -0.3 is 45.7 Å². The van der Waals surface area contributed by atoms with Crippen molar-refractivity contribution in [2.45, 2.75) is 105 Å². The van der Waals surface area contributed by atoms with Gasteiger partial charge in [-0.2, -0.15) is 0 Å². The van der Waals surface area contributed by atoms with E-state index in [-0.39, 0.29) is 43.5 Å². The van der Waals surface area contributed by atoms with Crippen LogP contribution < -0.4 is 10.6 Å². The van der Waals surface area contributed by atoms with Crippen molar-refractivity contribution in [3.8, 4) is 0 Å². The Hall–Kier alpha value is -1.66. The van der Waals surface area contributed by atoms with Gasteiger partial charge in [-0.3, -0.25) is 0 Å². The molecule has 5 fully saturated rings. The lowest BCUT2D eigenvalue weighted by Crippen LogP contribution is -2.81. The number of fused-ring (bicyclic) bond motifs is 4. The quantitative estimate of drug-likeness (QED) is 0.0992. The Kier molecular flexibility index (Phi) is 6.52. The molecule has 10 nitrogen and oxygen atoms in total. The lowest BCUT2D eigenvalue weighted by molar-refractivity contribution is -0.349. The van der Waals surface area contributed by atoms with Gasteiger partial charge >= 0.3 is 5.97 Å². The molecule has 7 rings (SSSR count). The highest BCUT2D eigenvalue weighted by molar-refractivity contribution is 5.88. The van der Waals surface area contributed by atoms with Crippen molar-refractivity contribution in [1.29, 1.82) is 0 Å². The summed E-state index contributed by atoms with van der Waals surface area (Å²) in [6, 6.07) is 0. The molecule has 1 heterocycles. The lowest BCUT2D eigenvalue weighted by atomic mass is 9.38. The molecule has 0 aromatic carbocycles. The average Bonchev–Trinajstić information content (AvgIpc) is 3.39. The van der Waals surface area contributed by atoms with Gasteiger partial charge in [0, 0.05) is 49.9 Å². The van der Waals surface area contributed by atoms with Crippen LogP contribution in [-0.4, -0.2) is 99.1 Å². The number of likely N-dealkylation sites (N-methyl/N-ethyl adjacent to an activating group) is 1. The Morgan fingerprint density at radius 2 is 1.81 bits per heavy atom. The molecule has 7 aliphatic rings. The van der Waals surface area contributed by atoms with Gasteiger partial charge in [-0.25, -0.2) is 4.79 Å². The van der Waals surface area contributed by atoms with Crippen LogP contribution in [0.15, 0.2) is 23.3 Å². The molecule has 1 aliphatic heterocycles. The number of hydrogen-bond acceptors (Lipinski definition) is 10. The third-order valence-electron chi connectivity index (χ3n) is 13.2. The molecule has 0 aromatic rings. The van der Waals surface area contributed by atoms with Crippen LogP contribution >= 0.6 is 0 Å². The molecule has 7 N–H and O–H groups in total. The van der Waals surface area contributed by atoms with Gasteiger partial charge in [0.05, 0.1) is 23.2 Å². The average molecular weight is 587 g/mol. The topological polar surface area (TPSA) is 169 Å². The molecule has 1 spiro atoms. The summed E-state index contributed by atoms with van der Waals surface area (Å²) in [5, 5.41) is 66.8. The summed E-state index contributed by atoms with van der Waals surface area (Å²) in [5.41, 5.74) is -6.75. The number of allylic oxidation sites excluding steroid dienone is 1. The molecule has 6 aliphatic carbocycles. The molecule has 10 heteroatoms. The van der Waals surface area contributed by atoms with E-state index in [0.29, 0.717) is 38.6 Å². The second-order valence-corrected chi connectivity index (χ2v) is 14.6. The van der Waals surface area contributed by atoms with E-state index in [1.54, 1.807) is 6.08 Å². The van der Waals surface area contributed by atoms with Crippen LogP contribution in [0.2, 0.25) is 0 Å². The second kappa shape index (κ2) is 9.42. The van der Waals surface area contributed by atoms with Crippen molar-refractivity contribution in [3.05, 3.63) is 23.3 Å². The molecule has 11 atom stereocenters. The van der Waals surface area contributed by atoms with Crippen molar-refractivity contribution in [2.24, 2.45) is 28.6 Å². The Morgan fingerprint density at radius 1 is 1.02 bits per heavy atom. The fourth-order valence-corrected chi connectivity index (χ4v) is 11.6. The van der Waals surface area contributed by atoms with Crippen molar-refractivity contribution < 1.29 is 39.9 Å². The van der Waals surface area contributed by atoms with Crippen molar-refractivity contribution >= 4 is 12.3 Å². The van der Waals surface area contributed by atoms with Crippen LogP contribution in [0.4, 0.5) is 0 Å². The summed E-state index contributed by atoms with van der Waals surface area (Å²) in [6.45, 7) is 2.05. The summed E-state index contributed by atoms with van der Waals surface area (Å²) in [7, 11) is 1.89. The van der Waals surface area contributed by atoms with Gasteiger partial charge in [0.1, 0.15) is 17.5 Å². The van der Waals surface area contributed by atoms with Gasteiger partial charge in [-0.15, -0.1) is 0 Å². The monoisotopic (exact) mass is 586 g/mol. The second-order valence-electron chi connectivity index (χ2n) is 14.6. The molecule has 0 unspecified atom stereocenters. The minimum atomic E-state index is -2.05. The fraction of sp³-hybridized carbons (Fsp3) is 0.812. The summed E-state index contributed by atoms with van der Waals surface area (Å²) >= 11 is 0. The number of carbonyl (C=O) groups is 2. The molecular formula is C32H46N2O8. The first-order valence-electron chi connectivity index (χ1n) is 16.0. The SMILES string of the molecule is CNCCNCC1=C[C@@H]2C[C@@]3(O)[C@]4(CCCC[C@@]15OC(=O)C=C5[C@@H]24)CC[C@H]1[C@@]3(O)[C@@H](O)C[C@]2(O)C[C@@H](O)CC[C@]12C=O. The first kappa shape index (κ1) is 29.1. The normalized spacial score (nSPS) is 52.4. The zero-order chi connectivity index (χ0) is 29.8. The standard InChI is InChI=1S/C32H46N2O8/c1-33-10-11-34-17-20-12-19-14-31(40)27(6-2-3-7-30(20)22(26(19)27)13-25(38)42-30)9-5-23-28(18-35)8-4-21(36)15-29(28,39)16-24(37)32(23,31)41/h12-13,18-19,21,23-24,26,33-34,36-37,39-41H,2-11,14-17H2,1H3/t19-,21+,23-,24+,26-,27-,28+,29-,30-,31-,32-/m1/s1. The molecule has 0 aromatic heterocycles. The maximum Gasteiger partial charge on any atom is 0.332 e. The number of ether oxygens (including phenoxy) is 1. The van der Waals surface area contributed by atoms with Gasteiger partial charge in [0.25, 0.3) is 0 Å². The minimum Gasteiger partial charge on any atom is -0.447 e. The summed E-state index contributed by atoms with van der Waals surface area (Å²) < 4.78 is 6.19. The number of aliphatic hydroxyl groups is 5. The van der Waals surface area contributed by atoms with Crippen LogP contribution in [0.3, 0.4) is 0 Å². The third kappa shape index (κ3) is 3.30. The first-order chi connectivity index (χ1) is 20.0. The Bertz CT molecular complexity index is 1240. The predicted octanol–water partition coefficient (Wildman–Crippen LogP) is 0.252. The number of carbonyl (C=O) groups excluding carboxylic acids is 2. The molecule has 0 saturated heterocycles. The van der Waals surface area contributed by atoms with E-state index < -0.39 is 51.4 Å². The first-order valence-corrected chi connectivity index (χ1v) is 16.0. The Morgan fingerprint density at radius 3 is 2.57 bits per heavy atom. The maximum atomic E-state index is 13.1. The number of esters is 1.